The van der Waals surface area contributed by atoms with Crippen molar-refractivity contribution in [1.29, 1.82) is 0 Å². The minimum atomic E-state index is -0.736. The van der Waals surface area contributed by atoms with Gasteiger partial charge >= 0.3 is 0 Å². The smallest absolute Gasteiger partial charge is 0.128 e. The van der Waals surface area contributed by atoms with Crippen molar-refractivity contribution in [2.24, 2.45) is 0 Å². The highest BCUT2D eigenvalue weighted by Gasteiger charge is 2.31. The quantitative estimate of drug-likeness (QED) is 0.111. The molecule has 2 aliphatic rings. The van der Waals surface area contributed by atoms with Gasteiger partial charge in [-0.3, -0.25) is 0 Å². The first-order valence-electron chi connectivity index (χ1n) is 18.3. The lowest BCUT2D eigenvalue weighted by Crippen LogP contribution is -2.08. The number of aromatic hydroxyl groups is 5. The van der Waals surface area contributed by atoms with Crippen LogP contribution in [0.3, 0.4) is 0 Å². The normalized spacial score (nSPS) is 15.8. The molecule has 0 bridgehead atoms. The maximum Gasteiger partial charge on any atom is 0.128 e. The molecule has 0 spiro atoms. The number of hydrogen-bond acceptors (Lipinski definition) is 5. The summed E-state index contributed by atoms with van der Waals surface area (Å²) in [4.78, 5) is 0. The fourth-order valence-electron chi connectivity index (χ4n) is 8.84. The lowest BCUT2D eigenvalue weighted by molar-refractivity contribution is 0.440. The first kappa shape index (κ1) is 33.6. The van der Waals surface area contributed by atoms with Crippen LogP contribution in [0.25, 0.3) is 22.3 Å². The van der Waals surface area contributed by atoms with E-state index >= 15 is 0 Å². The Balaban J connectivity index is 1.51. The summed E-state index contributed by atoms with van der Waals surface area (Å²) in [7, 11) is 0. The number of rotatable bonds is 7. The lowest BCUT2D eigenvalue weighted by Gasteiger charge is -2.27. The van der Waals surface area contributed by atoms with E-state index in [0.717, 1.165) is 49.7 Å². The first-order valence-corrected chi connectivity index (χ1v) is 18.3. The summed E-state index contributed by atoms with van der Waals surface area (Å²) >= 11 is 0. The second kappa shape index (κ2) is 14.1. The summed E-state index contributed by atoms with van der Waals surface area (Å²) in [5.41, 5.74) is 8.11. The summed E-state index contributed by atoms with van der Waals surface area (Å²) < 4.78 is 0. The minimum absolute atomic E-state index is 0.0388. The molecule has 0 radical (unpaired) electrons. The van der Waals surface area contributed by atoms with Crippen LogP contribution in [0.4, 0.5) is 0 Å². The van der Waals surface area contributed by atoms with Gasteiger partial charge in [0.25, 0.3) is 0 Å². The van der Waals surface area contributed by atoms with Crippen molar-refractivity contribution < 1.29 is 25.5 Å². The van der Waals surface area contributed by atoms with Crippen molar-refractivity contribution in [2.75, 3.05) is 0 Å². The highest BCUT2D eigenvalue weighted by molar-refractivity contribution is 5.93. The number of hydrogen-bond donors (Lipinski definition) is 5. The maximum atomic E-state index is 12.7. The van der Waals surface area contributed by atoms with E-state index in [2.05, 4.69) is 13.0 Å². The molecule has 2 saturated carbocycles. The van der Waals surface area contributed by atoms with Gasteiger partial charge in [-0.05, 0) is 116 Å². The van der Waals surface area contributed by atoms with E-state index in [0.29, 0.717) is 50.8 Å². The number of aryl methyl sites for hydroxylation is 2. The van der Waals surface area contributed by atoms with Crippen LogP contribution in [-0.2, 0) is 0 Å². The summed E-state index contributed by atoms with van der Waals surface area (Å²) in [6, 6.07) is 25.5. The molecule has 5 N–H and O–H groups in total. The van der Waals surface area contributed by atoms with Gasteiger partial charge in [-0.15, -0.1) is 0 Å². The molecular weight excluding hydrogens is 620 g/mol. The molecule has 2 aliphatic carbocycles. The highest BCUT2D eigenvalue weighted by atomic mass is 16.3. The zero-order valence-corrected chi connectivity index (χ0v) is 29.1. The van der Waals surface area contributed by atoms with Gasteiger partial charge in [0, 0.05) is 39.3 Å². The third-order valence-corrected chi connectivity index (χ3v) is 11.4. The Labute approximate surface area is 295 Å². The van der Waals surface area contributed by atoms with Crippen LogP contribution >= 0.6 is 0 Å². The third kappa shape index (κ3) is 6.30. The second-order valence-electron chi connectivity index (χ2n) is 14.6. The second-order valence-corrected chi connectivity index (χ2v) is 14.6. The number of phenolic OH excluding ortho intramolecular Hbond substituents is 5. The third-order valence-electron chi connectivity index (χ3n) is 11.4. The first-order chi connectivity index (χ1) is 24.2. The fraction of sp³-hybridized carbons (Fsp3) is 0.333. The molecule has 0 amide bonds. The zero-order valence-electron chi connectivity index (χ0n) is 29.1. The average Bonchev–Trinajstić information content (AvgIpc) is 3.12. The van der Waals surface area contributed by atoms with E-state index in [1.807, 2.05) is 43.3 Å². The summed E-state index contributed by atoms with van der Waals surface area (Å²) in [5, 5.41) is 58.3. The summed E-state index contributed by atoms with van der Waals surface area (Å²) in [6.07, 6.45) is 11.5. The minimum Gasteiger partial charge on any atom is -0.508 e. The van der Waals surface area contributed by atoms with Crippen LogP contribution in [0.15, 0.2) is 84.9 Å². The van der Waals surface area contributed by atoms with E-state index in [-0.39, 0.29) is 28.7 Å². The Hall–Kier alpha value is -4.90. The number of benzene rings is 5. The standard InChI is InChI=1S/C45H48O5/c1-27-23-41(48)37(25-35(27)29-13-5-3-6-14-29)31-21-22-34(43(32-17-9-11-19-39(32)46)33-18-10-12-20-40(33)47)45(50)44(31)38-26-36(28(2)24-42(38)49)30-15-7-4-8-16-30/h9-12,17-26,29-30,43,46-50H,3-8,13-16H2,1-2H3. The molecule has 0 saturated heterocycles. The average molecular weight is 669 g/mol. The predicted octanol–water partition coefficient (Wildman–Crippen LogP) is 11.4. The number of para-hydroxylation sites is 2. The monoisotopic (exact) mass is 668 g/mol. The van der Waals surface area contributed by atoms with Crippen LogP contribution in [0.5, 0.6) is 28.7 Å². The van der Waals surface area contributed by atoms with Crippen molar-refractivity contribution in [2.45, 2.75) is 95.8 Å². The van der Waals surface area contributed by atoms with E-state index in [9.17, 15) is 25.5 Å². The Morgan fingerprint density at radius 2 is 0.920 bits per heavy atom. The Morgan fingerprint density at radius 1 is 0.460 bits per heavy atom. The van der Waals surface area contributed by atoms with Crippen molar-refractivity contribution in [3.8, 4) is 51.0 Å². The van der Waals surface area contributed by atoms with Gasteiger partial charge < -0.3 is 25.5 Å². The summed E-state index contributed by atoms with van der Waals surface area (Å²) in [6.45, 7) is 4.10. The molecule has 50 heavy (non-hydrogen) atoms. The lowest BCUT2D eigenvalue weighted by atomic mass is 9.77. The molecular formula is C45H48O5. The van der Waals surface area contributed by atoms with Gasteiger partial charge in [0.1, 0.15) is 28.7 Å². The Morgan fingerprint density at radius 3 is 1.42 bits per heavy atom. The van der Waals surface area contributed by atoms with Crippen molar-refractivity contribution in [1.82, 2.24) is 0 Å². The molecule has 5 aromatic rings. The van der Waals surface area contributed by atoms with E-state index in [1.165, 1.54) is 36.8 Å². The van der Waals surface area contributed by atoms with Crippen molar-refractivity contribution in [3.05, 3.63) is 124 Å². The molecule has 5 aromatic carbocycles. The van der Waals surface area contributed by atoms with Crippen LogP contribution in [0.1, 0.15) is 121 Å². The van der Waals surface area contributed by atoms with Gasteiger partial charge in [-0.1, -0.05) is 87.1 Å². The zero-order chi connectivity index (χ0) is 34.9. The van der Waals surface area contributed by atoms with Crippen LogP contribution in [0.2, 0.25) is 0 Å². The molecule has 0 atom stereocenters. The Kier molecular flexibility index (Phi) is 9.50. The van der Waals surface area contributed by atoms with E-state index in [1.54, 1.807) is 42.5 Å². The van der Waals surface area contributed by atoms with E-state index in [4.69, 9.17) is 0 Å². The molecule has 0 aromatic heterocycles. The van der Waals surface area contributed by atoms with Gasteiger partial charge in [-0.25, -0.2) is 0 Å². The van der Waals surface area contributed by atoms with Crippen LogP contribution in [-0.4, -0.2) is 25.5 Å². The molecule has 5 nitrogen and oxygen atoms in total. The molecule has 258 valence electrons. The van der Waals surface area contributed by atoms with Crippen LogP contribution < -0.4 is 0 Å². The molecule has 0 heterocycles. The SMILES string of the molecule is Cc1cc(O)c(-c2ccc(C(c3ccccc3O)c3ccccc3O)c(O)c2-c2cc(C3CCCCC3)c(C)cc2O)cc1C1CCCCC1. The number of phenols is 5. The Bertz CT molecular complexity index is 1970. The molecule has 2 fully saturated rings. The molecule has 5 heteroatoms. The van der Waals surface area contributed by atoms with Crippen LogP contribution in [0, 0.1) is 13.8 Å². The van der Waals surface area contributed by atoms with Gasteiger partial charge in [0.15, 0.2) is 0 Å². The van der Waals surface area contributed by atoms with Crippen molar-refractivity contribution >= 4 is 0 Å². The van der Waals surface area contributed by atoms with E-state index < -0.39 is 5.92 Å². The van der Waals surface area contributed by atoms with Gasteiger partial charge in [-0.2, -0.15) is 0 Å². The largest absolute Gasteiger partial charge is 0.508 e. The predicted molar refractivity (Wildman–Crippen MR) is 201 cm³/mol. The molecule has 0 unspecified atom stereocenters. The fourth-order valence-corrected chi connectivity index (χ4v) is 8.84. The maximum absolute atomic E-state index is 12.7. The van der Waals surface area contributed by atoms with Gasteiger partial charge in [0.2, 0.25) is 0 Å². The summed E-state index contributed by atoms with van der Waals surface area (Å²) in [5.74, 6) is 0.194. The highest BCUT2D eigenvalue weighted by Crippen LogP contribution is 2.53. The molecule has 0 aliphatic heterocycles. The topological polar surface area (TPSA) is 101 Å². The van der Waals surface area contributed by atoms with Gasteiger partial charge in [0.05, 0.1) is 0 Å². The van der Waals surface area contributed by atoms with Crippen molar-refractivity contribution in [3.63, 3.8) is 0 Å². The molecule has 7 rings (SSSR count).